The molecule has 0 amide bonds. The molecule has 0 saturated heterocycles. The lowest BCUT2D eigenvalue weighted by Gasteiger charge is -2.10. The zero-order valence-corrected chi connectivity index (χ0v) is 14.3. The molecule has 25 heavy (non-hydrogen) atoms. The highest BCUT2D eigenvalue weighted by Gasteiger charge is 2.48. The van der Waals surface area contributed by atoms with E-state index in [-0.39, 0.29) is 5.75 Å². The van der Waals surface area contributed by atoms with Crippen molar-refractivity contribution in [2.24, 2.45) is 0 Å². The zero-order chi connectivity index (χ0) is 18.4. The highest BCUT2D eigenvalue weighted by Crippen LogP contribution is 2.39. The second-order valence-electron chi connectivity index (χ2n) is 5.24. The number of fused-ring (bicyclic) bond motifs is 1. The largest absolute Gasteiger partial charge is 0.534 e. The number of aryl methyl sites for hydroxylation is 1. The van der Waals surface area contributed by atoms with E-state index in [9.17, 15) is 26.7 Å². The summed E-state index contributed by atoms with van der Waals surface area (Å²) >= 11 is 1.42. The van der Waals surface area contributed by atoms with Gasteiger partial charge in [0.2, 0.25) is 0 Å². The molecule has 2 aromatic carbocycles. The molecule has 0 bridgehead atoms. The number of hydrogen-bond acceptors (Lipinski definition) is 5. The van der Waals surface area contributed by atoms with Crippen LogP contribution in [0, 0.1) is 6.92 Å². The summed E-state index contributed by atoms with van der Waals surface area (Å²) in [5.74, 6) is -0.286. The van der Waals surface area contributed by atoms with Crippen LogP contribution >= 0.6 is 11.3 Å². The van der Waals surface area contributed by atoms with Crippen molar-refractivity contribution in [3.05, 3.63) is 47.3 Å². The van der Waals surface area contributed by atoms with Crippen molar-refractivity contribution in [3.63, 3.8) is 0 Å². The average molecular weight is 388 g/mol. The van der Waals surface area contributed by atoms with Crippen molar-refractivity contribution in [2.75, 3.05) is 0 Å². The topological polar surface area (TPSA) is 63.6 Å². The summed E-state index contributed by atoms with van der Waals surface area (Å²) in [4.78, 5) is 0.994. The lowest BCUT2D eigenvalue weighted by molar-refractivity contribution is -0.0500. The third kappa shape index (κ3) is 3.29. The molecule has 0 saturated carbocycles. The average Bonchev–Trinajstić information content (AvgIpc) is 2.90. The van der Waals surface area contributed by atoms with Gasteiger partial charge in [-0.25, -0.2) is 0 Å². The molecular weight excluding hydrogens is 377 g/mol. The lowest BCUT2D eigenvalue weighted by Crippen LogP contribution is -2.28. The van der Waals surface area contributed by atoms with Gasteiger partial charge < -0.3 is 9.29 Å². The summed E-state index contributed by atoms with van der Waals surface area (Å²) in [6.45, 7) is 1.90. The fourth-order valence-corrected chi connectivity index (χ4v) is 3.76. The van der Waals surface area contributed by atoms with Gasteiger partial charge in [-0.05, 0) is 48.4 Å². The molecule has 1 heterocycles. The fraction of sp³-hybridized carbons (Fsp3) is 0.125. The molecule has 1 aromatic heterocycles. The Labute approximate surface area is 145 Å². The smallest absolute Gasteiger partial charge is 0.506 e. The van der Waals surface area contributed by atoms with Gasteiger partial charge in [0, 0.05) is 10.3 Å². The monoisotopic (exact) mass is 388 g/mol. The van der Waals surface area contributed by atoms with E-state index in [2.05, 4.69) is 4.18 Å². The van der Waals surface area contributed by atoms with Crippen LogP contribution in [0.25, 0.3) is 21.2 Å². The van der Waals surface area contributed by atoms with Crippen molar-refractivity contribution in [1.82, 2.24) is 0 Å². The normalized spacial score (nSPS) is 12.5. The summed E-state index contributed by atoms with van der Waals surface area (Å²) in [5.41, 5.74) is -4.06. The Morgan fingerprint density at radius 2 is 1.72 bits per heavy atom. The summed E-state index contributed by atoms with van der Waals surface area (Å²) < 4.78 is 63.8. The molecule has 0 aliphatic rings. The van der Waals surface area contributed by atoms with Gasteiger partial charge in [0.15, 0.2) is 0 Å². The maximum Gasteiger partial charge on any atom is 0.534 e. The van der Waals surface area contributed by atoms with Crippen LogP contribution in [-0.2, 0) is 10.1 Å². The SMILES string of the molecule is Cc1cc2c(-c3ccc(OS(=O)(=O)C(F)(F)F)cc3)ccc(O)c2s1. The molecule has 4 nitrogen and oxygen atoms in total. The number of aromatic hydroxyl groups is 1. The van der Waals surface area contributed by atoms with Crippen molar-refractivity contribution in [1.29, 1.82) is 0 Å². The van der Waals surface area contributed by atoms with Crippen LogP contribution in [-0.4, -0.2) is 19.0 Å². The predicted octanol–water partition coefficient (Wildman–Crippen LogP) is 4.81. The van der Waals surface area contributed by atoms with Crippen LogP contribution in [0.2, 0.25) is 0 Å². The van der Waals surface area contributed by atoms with E-state index < -0.39 is 21.4 Å². The van der Waals surface area contributed by atoms with Crippen molar-refractivity contribution in [2.45, 2.75) is 12.4 Å². The number of hydrogen-bond donors (Lipinski definition) is 1. The summed E-state index contributed by atoms with van der Waals surface area (Å²) in [6, 6.07) is 10.3. The number of phenolic OH excluding ortho intramolecular Hbond substituents is 1. The number of phenols is 1. The minimum atomic E-state index is -5.70. The number of benzene rings is 2. The maximum atomic E-state index is 12.3. The van der Waals surface area contributed by atoms with Gasteiger partial charge in [-0.3, -0.25) is 0 Å². The Morgan fingerprint density at radius 1 is 1.08 bits per heavy atom. The Bertz CT molecular complexity index is 1040. The molecule has 1 N–H and O–H groups in total. The summed E-state index contributed by atoms with van der Waals surface area (Å²) in [7, 11) is -5.70. The molecule has 0 aliphatic carbocycles. The third-order valence-corrected chi connectivity index (χ3v) is 5.49. The van der Waals surface area contributed by atoms with Crippen molar-refractivity contribution >= 4 is 31.5 Å². The first kappa shape index (κ1) is 17.6. The van der Waals surface area contributed by atoms with Gasteiger partial charge in [0.25, 0.3) is 0 Å². The fourth-order valence-electron chi connectivity index (χ4n) is 2.35. The van der Waals surface area contributed by atoms with E-state index in [1.165, 1.54) is 29.5 Å². The minimum Gasteiger partial charge on any atom is -0.506 e. The van der Waals surface area contributed by atoms with Crippen LogP contribution in [0.5, 0.6) is 11.5 Å². The minimum absolute atomic E-state index is 0.146. The van der Waals surface area contributed by atoms with Gasteiger partial charge in [-0.1, -0.05) is 12.1 Å². The van der Waals surface area contributed by atoms with E-state index in [1.807, 2.05) is 13.0 Å². The quantitative estimate of drug-likeness (QED) is 0.517. The molecule has 0 aliphatic heterocycles. The van der Waals surface area contributed by atoms with E-state index in [1.54, 1.807) is 6.07 Å². The molecule has 132 valence electrons. The van der Waals surface area contributed by atoms with Crippen molar-refractivity contribution < 1.29 is 30.9 Å². The Balaban J connectivity index is 1.98. The van der Waals surface area contributed by atoms with E-state index in [4.69, 9.17) is 0 Å². The van der Waals surface area contributed by atoms with E-state index >= 15 is 0 Å². The Kier molecular flexibility index (Phi) is 4.16. The van der Waals surface area contributed by atoms with Crippen LogP contribution in [0.4, 0.5) is 13.2 Å². The molecule has 0 radical (unpaired) electrons. The second kappa shape index (κ2) is 5.92. The molecule has 3 rings (SSSR count). The number of halogens is 3. The van der Waals surface area contributed by atoms with Gasteiger partial charge in [0.1, 0.15) is 11.5 Å². The lowest BCUT2D eigenvalue weighted by atomic mass is 10.0. The highest BCUT2D eigenvalue weighted by molar-refractivity contribution is 7.88. The maximum absolute atomic E-state index is 12.3. The Hall–Kier alpha value is -2.26. The molecular formula is C16H11F3O4S2. The molecule has 9 heteroatoms. The molecule has 0 fully saturated rings. The molecule has 0 spiro atoms. The van der Waals surface area contributed by atoms with Crippen LogP contribution in [0.15, 0.2) is 42.5 Å². The first-order chi connectivity index (χ1) is 11.6. The van der Waals surface area contributed by atoms with Crippen LogP contribution in [0.3, 0.4) is 0 Å². The number of rotatable bonds is 3. The molecule has 3 aromatic rings. The number of alkyl halides is 3. The highest BCUT2D eigenvalue weighted by atomic mass is 32.2. The van der Waals surface area contributed by atoms with Gasteiger partial charge in [0.05, 0.1) is 4.70 Å². The van der Waals surface area contributed by atoms with Gasteiger partial charge >= 0.3 is 15.6 Å². The van der Waals surface area contributed by atoms with Gasteiger partial charge in [-0.15, -0.1) is 11.3 Å². The second-order valence-corrected chi connectivity index (χ2v) is 8.03. The van der Waals surface area contributed by atoms with Gasteiger partial charge in [-0.2, -0.15) is 21.6 Å². The Morgan fingerprint density at radius 3 is 2.32 bits per heavy atom. The van der Waals surface area contributed by atoms with Crippen molar-refractivity contribution in [3.8, 4) is 22.6 Å². The number of thiophene rings is 1. The first-order valence-corrected chi connectivity index (χ1v) is 9.14. The first-order valence-electron chi connectivity index (χ1n) is 6.92. The summed E-state index contributed by atoms with van der Waals surface area (Å²) in [6.07, 6.45) is 0. The van der Waals surface area contributed by atoms with E-state index in [0.717, 1.165) is 28.0 Å². The predicted molar refractivity (Wildman–Crippen MR) is 89.3 cm³/mol. The third-order valence-electron chi connectivity index (χ3n) is 3.44. The zero-order valence-electron chi connectivity index (χ0n) is 12.7. The standard InChI is InChI=1S/C16H11F3O4S2/c1-9-8-13-12(6-7-14(20)15(13)24-9)10-2-4-11(5-3-10)23-25(21,22)16(17,18)19/h2-8,20H,1H3. The molecule has 0 unspecified atom stereocenters. The molecule has 0 atom stereocenters. The van der Waals surface area contributed by atoms with E-state index in [0.29, 0.717) is 10.3 Å². The van der Waals surface area contributed by atoms with Crippen LogP contribution < -0.4 is 4.18 Å². The summed E-state index contributed by atoms with van der Waals surface area (Å²) in [5, 5.41) is 10.7. The van der Waals surface area contributed by atoms with Crippen LogP contribution in [0.1, 0.15) is 4.88 Å².